The van der Waals surface area contributed by atoms with Crippen molar-refractivity contribution in [2.24, 2.45) is 0 Å². The molecule has 3 rings (SSSR count). The van der Waals surface area contributed by atoms with E-state index in [2.05, 4.69) is 25.8 Å². The third kappa shape index (κ3) is 6.40. The number of aryl methyl sites for hydroxylation is 1. The minimum absolute atomic E-state index is 0.347. The Morgan fingerprint density at radius 2 is 1.90 bits per heavy atom. The fourth-order valence-corrected chi connectivity index (χ4v) is 2.92. The summed E-state index contributed by atoms with van der Waals surface area (Å²) >= 11 is 0. The van der Waals surface area contributed by atoms with Gasteiger partial charge >= 0.3 is 6.03 Å². The molecule has 0 aliphatic heterocycles. The number of carbonyl (C=O) groups excluding carboxylic acids is 1. The first-order chi connectivity index (χ1) is 14.7. The Morgan fingerprint density at radius 1 is 1.10 bits per heavy atom. The van der Waals surface area contributed by atoms with E-state index in [1.54, 1.807) is 0 Å². The second kappa shape index (κ2) is 11.1. The van der Waals surface area contributed by atoms with Gasteiger partial charge in [-0.1, -0.05) is 42.5 Å². The number of amides is 2. The highest BCUT2D eigenvalue weighted by Gasteiger charge is 2.20. The second-order valence-electron chi connectivity index (χ2n) is 6.67. The number of anilines is 1. The lowest BCUT2D eigenvalue weighted by molar-refractivity contribution is 0.0453. The molecular weight excluding hydrogens is 382 g/mol. The number of ether oxygens (including phenoxy) is 2. The molecule has 0 bridgehead atoms. The predicted octanol–water partition coefficient (Wildman–Crippen LogP) is 3.58. The third-order valence-electron chi connectivity index (χ3n) is 4.31. The van der Waals surface area contributed by atoms with Crippen LogP contribution in [-0.2, 0) is 16.1 Å². The first-order valence-corrected chi connectivity index (χ1v) is 9.91. The lowest BCUT2D eigenvalue weighted by atomic mass is 10.1. The van der Waals surface area contributed by atoms with Crippen LogP contribution >= 0.6 is 0 Å². The van der Waals surface area contributed by atoms with Crippen molar-refractivity contribution in [2.45, 2.75) is 26.5 Å². The SMILES string of the molecule is CCOCCOCc1cccc(NC(=O)NC(c2ccccc2)c2n[nH]c(C)n2)c1. The molecule has 0 saturated heterocycles. The molecule has 158 valence electrons. The zero-order valence-electron chi connectivity index (χ0n) is 17.2. The lowest BCUT2D eigenvalue weighted by Crippen LogP contribution is -2.33. The first-order valence-electron chi connectivity index (χ1n) is 9.91. The Labute approximate surface area is 176 Å². The van der Waals surface area contributed by atoms with Gasteiger partial charge in [0.1, 0.15) is 11.9 Å². The Hall–Kier alpha value is -3.23. The van der Waals surface area contributed by atoms with Crippen LogP contribution in [0.3, 0.4) is 0 Å². The zero-order valence-corrected chi connectivity index (χ0v) is 17.2. The fourth-order valence-electron chi connectivity index (χ4n) is 2.92. The molecule has 0 aliphatic rings. The van der Waals surface area contributed by atoms with Crippen molar-refractivity contribution < 1.29 is 14.3 Å². The van der Waals surface area contributed by atoms with Crippen LogP contribution in [0.4, 0.5) is 10.5 Å². The number of H-pyrrole nitrogens is 1. The van der Waals surface area contributed by atoms with E-state index in [9.17, 15) is 4.79 Å². The third-order valence-corrected chi connectivity index (χ3v) is 4.31. The molecule has 8 nitrogen and oxygen atoms in total. The van der Waals surface area contributed by atoms with Crippen LogP contribution in [0.2, 0.25) is 0 Å². The van der Waals surface area contributed by atoms with E-state index in [-0.39, 0.29) is 6.03 Å². The van der Waals surface area contributed by atoms with Gasteiger partial charge in [-0.25, -0.2) is 9.78 Å². The number of hydrogen-bond acceptors (Lipinski definition) is 5. The van der Waals surface area contributed by atoms with E-state index in [0.29, 0.717) is 43.8 Å². The molecule has 8 heteroatoms. The van der Waals surface area contributed by atoms with Gasteiger partial charge in [0, 0.05) is 12.3 Å². The molecule has 3 aromatic rings. The quantitative estimate of drug-likeness (QED) is 0.444. The average molecular weight is 409 g/mol. The van der Waals surface area contributed by atoms with Gasteiger partial charge in [-0.2, -0.15) is 5.10 Å². The van der Waals surface area contributed by atoms with E-state index < -0.39 is 6.04 Å². The number of urea groups is 1. The molecule has 3 N–H and O–H groups in total. The molecule has 1 unspecified atom stereocenters. The summed E-state index contributed by atoms with van der Waals surface area (Å²) in [5.74, 6) is 1.19. The molecule has 2 aromatic carbocycles. The molecule has 0 radical (unpaired) electrons. The van der Waals surface area contributed by atoms with Gasteiger partial charge < -0.3 is 20.1 Å². The summed E-state index contributed by atoms with van der Waals surface area (Å²) in [4.78, 5) is 17.1. The van der Waals surface area contributed by atoms with Crippen LogP contribution in [0.1, 0.15) is 35.7 Å². The van der Waals surface area contributed by atoms with Crippen LogP contribution < -0.4 is 10.6 Å². The lowest BCUT2D eigenvalue weighted by Gasteiger charge is -2.17. The highest BCUT2D eigenvalue weighted by molar-refractivity contribution is 5.89. The molecule has 1 aromatic heterocycles. The Kier molecular flexibility index (Phi) is 7.94. The van der Waals surface area contributed by atoms with Crippen LogP contribution in [0.25, 0.3) is 0 Å². The largest absolute Gasteiger partial charge is 0.379 e. The van der Waals surface area contributed by atoms with Crippen LogP contribution in [-0.4, -0.2) is 41.0 Å². The van der Waals surface area contributed by atoms with Gasteiger partial charge in [-0.05, 0) is 37.1 Å². The van der Waals surface area contributed by atoms with E-state index in [0.717, 1.165) is 11.1 Å². The topological polar surface area (TPSA) is 101 Å². The van der Waals surface area contributed by atoms with Gasteiger partial charge in [0.2, 0.25) is 0 Å². The summed E-state index contributed by atoms with van der Waals surface area (Å²) in [5, 5.41) is 12.9. The minimum atomic E-state index is -0.471. The molecule has 2 amide bonds. The molecular formula is C22H27N5O3. The van der Waals surface area contributed by atoms with Crippen LogP contribution in [0.5, 0.6) is 0 Å². The summed E-state index contributed by atoms with van der Waals surface area (Å²) in [5.41, 5.74) is 2.54. The monoisotopic (exact) mass is 409 g/mol. The summed E-state index contributed by atoms with van der Waals surface area (Å²) in [6, 6.07) is 16.3. The maximum absolute atomic E-state index is 12.7. The van der Waals surface area contributed by atoms with Gasteiger partial charge in [0.15, 0.2) is 5.82 Å². The maximum atomic E-state index is 12.7. The molecule has 0 saturated carbocycles. The average Bonchev–Trinajstić information content (AvgIpc) is 3.19. The number of rotatable bonds is 10. The molecule has 1 heterocycles. The second-order valence-corrected chi connectivity index (χ2v) is 6.67. The van der Waals surface area contributed by atoms with Crippen molar-refractivity contribution in [3.05, 3.63) is 77.4 Å². The van der Waals surface area contributed by atoms with E-state index in [1.165, 1.54) is 0 Å². The summed E-state index contributed by atoms with van der Waals surface area (Å²) in [6.07, 6.45) is 0. The number of hydrogen-bond donors (Lipinski definition) is 3. The van der Waals surface area contributed by atoms with E-state index >= 15 is 0 Å². The van der Waals surface area contributed by atoms with Crippen molar-refractivity contribution in [3.63, 3.8) is 0 Å². The van der Waals surface area contributed by atoms with Crippen LogP contribution in [0.15, 0.2) is 54.6 Å². The smallest absolute Gasteiger partial charge is 0.320 e. The first kappa shape index (κ1) is 21.5. The summed E-state index contributed by atoms with van der Waals surface area (Å²) in [7, 11) is 0. The highest BCUT2D eigenvalue weighted by atomic mass is 16.5. The standard InChI is InChI=1S/C22H27N5O3/c1-3-29-12-13-30-15-17-8-7-11-19(14-17)24-22(28)25-20(18-9-5-4-6-10-18)21-23-16(2)26-27-21/h4-11,14,20H,3,12-13,15H2,1-2H3,(H,23,26,27)(H2,24,25,28). The number of benzene rings is 2. The van der Waals surface area contributed by atoms with E-state index in [4.69, 9.17) is 9.47 Å². The van der Waals surface area contributed by atoms with Crippen molar-refractivity contribution >= 4 is 11.7 Å². The number of nitrogens with zero attached hydrogens (tertiary/aromatic N) is 2. The van der Waals surface area contributed by atoms with Crippen molar-refractivity contribution in [3.8, 4) is 0 Å². The van der Waals surface area contributed by atoms with Crippen molar-refractivity contribution in [1.82, 2.24) is 20.5 Å². The molecule has 0 fully saturated rings. The summed E-state index contributed by atoms with van der Waals surface area (Å²) < 4.78 is 10.8. The predicted molar refractivity (Wildman–Crippen MR) is 114 cm³/mol. The minimum Gasteiger partial charge on any atom is -0.379 e. The zero-order chi connectivity index (χ0) is 21.2. The van der Waals surface area contributed by atoms with Gasteiger partial charge in [0.25, 0.3) is 0 Å². The van der Waals surface area contributed by atoms with Gasteiger partial charge in [-0.3, -0.25) is 5.10 Å². The van der Waals surface area contributed by atoms with E-state index in [1.807, 2.05) is 68.4 Å². The normalized spacial score (nSPS) is 11.8. The number of aromatic nitrogens is 3. The Morgan fingerprint density at radius 3 is 2.63 bits per heavy atom. The Bertz CT molecular complexity index is 929. The number of carbonyl (C=O) groups is 1. The number of nitrogens with one attached hydrogen (secondary N) is 3. The van der Waals surface area contributed by atoms with Crippen molar-refractivity contribution in [2.75, 3.05) is 25.1 Å². The van der Waals surface area contributed by atoms with Gasteiger partial charge in [-0.15, -0.1) is 0 Å². The molecule has 30 heavy (non-hydrogen) atoms. The summed E-state index contributed by atoms with van der Waals surface area (Å²) in [6.45, 7) is 5.99. The van der Waals surface area contributed by atoms with Crippen molar-refractivity contribution in [1.29, 1.82) is 0 Å². The fraction of sp³-hybridized carbons (Fsp3) is 0.318. The molecule has 1 atom stereocenters. The molecule has 0 spiro atoms. The van der Waals surface area contributed by atoms with Gasteiger partial charge in [0.05, 0.1) is 19.8 Å². The highest BCUT2D eigenvalue weighted by Crippen LogP contribution is 2.19. The molecule has 0 aliphatic carbocycles. The van der Waals surface area contributed by atoms with Crippen LogP contribution in [0, 0.1) is 6.92 Å². The Balaban J connectivity index is 1.62. The number of aromatic amines is 1. The maximum Gasteiger partial charge on any atom is 0.320 e.